The van der Waals surface area contributed by atoms with Crippen LogP contribution in [0.2, 0.25) is 0 Å². The number of fused-ring (bicyclic) bond motifs is 4. The van der Waals surface area contributed by atoms with Gasteiger partial charge in [-0.25, -0.2) is 4.98 Å². The van der Waals surface area contributed by atoms with Gasteiger partial charge in [-0.2, -0.15) is 12.1 Å². The molecule has 6 heteroatoms. The maximum atomic E-state index is 6.75. The minimum absolute atomic E-state index is 0. The number of hydrogen-bond donors (Lipinski definition) is 0. The largest absolute Gasteiger partial charge is 0.509 e. The third kappa shape index (κ3) is 9.91. The summed E-state index contributed by atoms with van der Waals surface area (Å²) in [5.74, 6) is 2.03. The maximum Gasteiger partial charge on any atom is 0.135 e. The molecule has 0 amide bonds. The van der Waals surface area contributed by atoms with Crippen molar-refractivity contribution < 1.29 is 25.8 Å². The van der Waals surface area contributed by atoms with E-state index >= 15 is 0 Å². The predicted octanol–water partition coefficient (Wildman–Crippen LogP) is 19.2. The van der Waals surface area contributed by atoms with E-state index in [-0.39, 0.29) is 42.7 Å². The Labute approximate surface area is 465 Å². The topological polar surface area (TPSA) is 33.5 Å². The van der Waals surface area contributed by atoms with Crippen LogP contribution >= 0.6 is 0 Å². The summed E-state index contributed by atoms with van der Waals surface area (Å²) < 4.78 is 8.95. The van der Waals surface area contributed by atoms with Crippen molar-refractivity contribution in [2.45, 2.75) is 105 Å². The molecule has 10 aromatic rings. The molecule has 0 atom stereocenters. The average molecular weight is 1180 g/mol. The van der Waals surface area contributed by atoms with E-state index in [1.165, 1.54) is 38.9 Å². The monoisotopic (exact) mass is 1170 g/mol. The third-order valence-corrected chi connectivity index (χ3v) is 14.8. The van der Waals surface area contributed by atoms with Gasteiger partial charge in [-0.15, -0.1) is 48.1 Å². The first-order valence-corrected chi connectivity index (χ1v) is 26.4. The zero-order valence-corrected chi connectivity index (χ0v) is 48.2. The molecule has 1 aliphatic rings. The van der Waals surface area contributed by atoms with E-state index in [2.05, 4.69) is 274 Å². The fraction of sp³-hybridized carbons (Fsp3) is 0.229. The summed E-state index contributed by atoms with van der Waals surface area (Å²) in [6.45, 7) is 29.6. The molecular formula is C70H67N4OPt-3. The van der Waals surface area contributed by atoms with Crippen LogP contribution in [0.15, 0.2) is 182 Å². The van der Waals surface area contributed by atoms with Gasteiger partial charge in [-0.3, -0.25) is 0 Å². The van der Waals surface area contributed by atoms with Crippen molar-refractivity contribution in [3.05, 3.63) is 223 Å². The molecular weight excluding hydrogens is 1110 g/mol. The van der Waals surface area contributed by atoms with Gasteiger partial charge in [0.25, 0.3) is 0 Å². The normalized spacial score (nSPS) is 13.1. The Bertz CT molecular complexity index is 3800. The van der Waals surface area contributed by atoms with E-state index < -0.39 is 0 Å². The van der Waals surface area contributed by atoms with E-state index in [0.29, 0.717) is 11.5 Å². The molecule has 8 aromatic carbocycles. The van der Waals surface area contributed by atoms with Crippen LogP contribution < -0.4 is 14.5 Å². The summed E-state index contributed by atoms with van der Waals surface area (Å²) in [7, 11) is 0. The Hall–Kier alpha value is -7.20. The maximum absolute atomic E-state index is 6.75. The number of rotatable bonds is 8. The fourth-order valence-electron chi connectivity index (χ4n) is 10.6. The van der Waals surface area contributed by atoms with Crippen molar-refractivity contribution >= 4 is 44.6 Å². The van der Waals surface area contributed by atoms with Gasteiger partial charge in [0.1, 0.15) is 5.82 Å². The van der Waals surface area contributed by atoms with Crippen molar-refractivity contribution in [2.24, 2.45) is 0 Å². The Morgan fingerprint density at radius 2 is 1.01 bits per heavy atom. The molecule has 0 spiro atoms. The number of nitrogens with zero attached hydrogens (tertiary/aromatic N) is 4. The molecule has 11 rings (SSSR count). The summed E-state index contributed by atoms with van der Waals surface area (Å²) in [6.07, 6.45) is 1.91. The summed E-state index contributed by atoms with van der Waals surface area (Å²) >= 11 is 0. The summed E-state index contributed by atoms with van der Waals surface area (Å²) in [4.78, 5) is 9.51. The van der Waals surface area contributed by atoms with Crippen molar-refractivity contribution in [2.75, 3.05) is 9.80 Å². The zero-order chi connectivity index (χ0) is 52.6. The number of pyridine rings is 1. The van der Waals surface area contributed by atoms with Crippen molar-refractivity contribution in [3.63, 3.8) is 0 Å². The van der Waals surface area contributed by atoms with Crippen molar-refractivity contribution in [3.8, 4) is 50.7 Å². The van der Waals surface area contributed by atoms with Crippen LogP contribution in [-0.4, -0.2) is 9.55 Å². The van der Waals surface area contributed by atoms with Gasteiger partial charge < -0.3 is 19.1 Å². The molecule has 0 unspecified atom stereocenters. The van der Waals surface area contributed by atoms with Gasteiger partial charge in [0.2, 0.25) is 0 Å². The third-order valence-electron chi connectivity index (χ3n) is 14.8. The first kappa shape index (κ1) is 52.2. The minimum atomic E-state index is -0.134. The Morgan fingerprint density at radius 1 is 0.447 bits per heavy atom. The Kier molecular flexibility index (Phi) is 13.6. The second-order valence-corrected chi connectivity index (χ2v) is 24.3. The van der Waals surface area contributed by atoms with Crippen LogP contribution in [0, 0.1) is 18.8 Å². The molecule has 2 aromatic heterocycles. The Balaban J connectivity index is 0.00000657. The first-order chi connectivity index (χ1) is 35.7. The standard InChI is InChI=1S/C70H67N4O.Pt/c1-67(2,3)49-23-17-21-46(39-49)55-35-33-48(41-60(55)70(10,11)12)57-29-20-28-56(47-22-18-24-50(40-47)68(4,5)6)66(57)73-45-72(62-31-15-16-32-63(62)73)52-25-19-26-53(43-52)75-54-34-36-59-58-27-13-14-30-61(58)74(64(59)44-54)65-42-51(37-38-71-65)69(7,8)9;/h13-42,45H,1-12H3;/q-3;. The van der Waals surface area contributed by atoms with Crippen molar-refractivity contribution in [1.29, 1.82) is 0 Å². The van der Waals surface area contributed by atoms with Gasteiger partial charge in [-0.1, -0.05) is 198 Å². The average Bonchev–Trinajstić information content (AvgIpc) is 3.98. The summed E-state index contributed by atoms with van der Waals surface area (Å²) in [6, 6.07) is 71.1. The van der Waals surface area contributed by atoms with Crippen LogP contribution in [0.1, 0.15) is 105 Å². The second-order valence-electron chi connectivity index (χ2n) is 24.3. The smallest absolute Gasteiger partial charge is 0.135 e. The number of anilines is 4. The van der Waals surface area contributed by atoms with Gasteiger partial charge in [-0.05, 0) is 108 Å². The molecule has 0 radical (unpaired) electrons. The summed E-state index contributed by atoms with van der Waals surface area (Å²) in [5, 5.41) is 2.23. The van der Waals surface area contributed by atoms with Crippen LogP contribution in [-0.2, 0) is 42.7 Å². The summed E-state index contributed by atoms with van der Waals surface area (Å²) in [5.41, 5.74) is 18.2. The number of benzene rings is 8. The number of para-hydroxylation sites is 4. The molecule has 0 saturated heterocycles. The van der Waals surface area contributed by atoms with Crippen LogP contribution in [0.3, 0.4) is 0 Å². The van der Waals surface area contributed by atoms with Gasteiger partial charge in [0.15, 0.2) is 0 Å². The molecule has 0 N–H and O–H groups in total. The quantitative estimate of drug-likeness (QED) is 0.142. The van der Waals surface area contributed by atoms with Gasteiger partial charge >= 0.3 is 0 Å². The SMILES string of the molecule is CC(C)(C)c1cccc(-c2ccc(-c3cccc(-c4cccc(C(C)(C)C)c4)c3N3[CH-]N(c4[c-]c(Oc5[c-]c6c(cc5)c5ccccc5n6-c5cc(C(C)(C)C)ccn5)ccc4)c4ccccc43)cc2C(C)(C)C)c1.[Pt]. The number of hydrogen-bond acceptors (Lipinski definition) is 4. The molecule has 0 saturated carbocycles. The molecule has 0 aliphatic carbocycles. The second kappa shape index (κ2) is 19.7. The van der Waals surface area contributed by atoms with Crippen LogP contribution in [0.25, 0.3) is 61.0 Å². The molecule has 3 heterocycles. The minimum Gasteiger partial charge on any atom is -0.509 e. The van der Waals surface area contributed by atoms with E-state index in [1.807, 2.05) is 24.4 Å². The first-order valence-electron chi connectivity index (χ1n) is 26.4. The predicted molar refractivity (Wildman–Crippen MR) is 315 cm³/mol. The van der Waals surface area contributed by atoms with E-state index in [4.69, 9.17) is 9.72 Å². The fourth-order valence-corrected chi connectivity index (χ4v) is 10.6. The van der Waals surface area contributed by atoms with Gasteiger partial charge in [0, 0.05) is 72.5 Å². The molecule has 386 valence electrons. The molecule has 5 nitrogen and oxygen atoms in total. The zero-order valence-electron chi connectivity index (χ0n) is 45.9. The van der Waals surface area contributed by atoms with Crippen LogP contribution in [0.4, 0.5) is 22.7 Å². The molecule has 76 heavy (non-hydrogen) atoms. The van der Waals surface area contributed by atoms with E-state index in [1.54, 1.807) is 0 Å². The van der Waals surface area contributed by atoms with E-state index in [9.17, 15) is 0 Å². The molecule has 0 bridgehead atoms. The molecule has 0 fully saturated rings. The molecule has 1 aliphatic heterocycles. The van der Waals surface area contributed by atoms with Gasteiger partial charge in [0.05, 0.1) is 0 Å². The van der Waals surface area contributed by atoms with Crippen molar-refractivity contribution in [1.82, 2.24) is 9.55 Å². The number of ether oxygens (including phenoxy) is 1. The van der Waals surface area contributed by atoms with Crippen LogP contribution in [0.5, 0.6) is 11.5 Å². The number of aromatic nitrogens is 2. The van der Waals surface area contributed by atoms with E-state index in [0.717, 1.165) is 67.1 Å². The Morgan fingerprint density at radius 3 is 1.67 bits per heavy atom.